The van der Waals surface area contributed by atoms with Gasteiger partial charge in [0.2, 0.25) is 0 Å². The first kappa shape index (κ1) is 14.9. The summed E-state index contributed by atoms with van der Waals surface area (Å²) in [7, 11) is 3.43. The molecule has 0 N–H and O–H groups in total. The van der Waals surface area contributed by atoms with Gasteiger partial charge in [-0.3, -0.25) is 9.48 Å². The maximum absolute atomic E-state index is 12.8. The summed E-state index contributed by atoms with van der Waals surface area (Å²) in [6.07, 6.45) is 5.76. The van der Waals surface area contributed by atoms with Crippen LogP contribution in [0.25, 0.3) is 0 Å². The van der Waals surface area contributed by atoms with E-state index in [0.717, 1.165) is 24.9 Å². The van der Waals surface area contributed by atoms with E-state index in [0.29, 0.717) is 16.3 Å². The Labute approximate surface area is 134 Å². The summed E-state index contributed by atoms with van der Waals surface area (Å²) in [5.74, 6) is 0.519. The monoisotopic (exact) mass is 319 g/mol. The molecule has 1 unspecified atom stereocenters. The van der Waals surface area contributed by atoms with E-state index in [1.54, 1.807) is 30.0 Å². The van der Waals surface area contributed by atoms with E-state index in [1.807, 2.05) is 24.3 Å². The fraction of sp³-hybridized carbons (Fsp3) is 0.375. The van der Waals surface area contributed by atoms with E-state index in [4.69, 9.17) is 16.3 Å². The van der Waals surface area contributed by atoms with Gasteiger partial charge >= 0.3 is 0 Å². The van der Waals surface area contributed by atoms with Gasteiger partial charge in [-0.25, -0.2) is 0 Å². The standard InChI is InChI=1S/C16H18ClN3O2/c1-19-10-12(9-18-19)14-4-3-7-20(14)16(21)11-5-6-13(17)15(8-11)22-2/h5-6,8-10,14H,3-4,7H2,1-2H3. The number of halogens is 1. The molecule has 1 aromatic heterocycles. The number of likely N-dealkylation sites (tertiary alicyclic amines) is 1. The van der Waals surface area contributed by atoms with Gasteiger partial charge in [0.15, 0.2) is 0 Å². The lowest BCUT2D eigenvalue weighted by Gasteiger charge is -2.24. The Bertz CT molecular complexity index is 698. The zero-order chi connectivity index (χ0) is 15.7. The number of carbonyl (C=O) groups is 1. The largest absolute Gasteiger partial charge is 0.495 e. The summed E-state index contributed by atoms with van der Waals surface area (Å²) in [6, 6.07) is 5.22. The number of carbonyl (C=O) groups excluding carboxylic acids is 1. The van der Waals surface area contributed by atoms with Crippen molar-refractivity contribution in [3.8, 4) is 5.75 Å². The van der Waals surface area contributed by atoms with Gasteiger partial charge in [0.25, 0.3) is 5.91 Å². The quantitative estimate of drug-likeness (QED) is 0.873. The molecule has 0 bridgehead atoms. The number of benzene rings is 1. The first-order chi connectivity index (χ1) is 10.6. The first-order valence-electron chi connectivity index (χ1n) is 7.23. The summed E-state index contributed by atoms with van der Waals surface area (Å²) >= 11 is 6.03. The van der Waals surface area contributed by atoms with Crippen molar-refractivity contribution in [2.24, 2.45) is 7.05 Å². The van der Waals surface area contributed by atoms with Gasteiger partial charge < -0.3 is 9.64 Å². The van der Waals surface area contributed by atoms with Crippen LogP contribution in [-0.2, 0) is 7.05 Å². The molecule has 2 aromatic rings. The molecule has 22 heavy (non-hydrogen) atoms. The van der Waals surface area contributed by atoms with E-state index in [-0.39, 0.29) is 11.9 Å². The van der Waals surface area contributed by atoms with Crippen molar-refractivity contribution in [2.45, 2.75) is 18.9 Å². The predicted molar refractivity (Wildman–Crippen MR) is 84.2 cm³/mol. The highest BCUT2D eigenvalue weighted by Gasteiger charge is 2.31. The number of aromatic nitrogens is 2. The molecule has 1 fully saturated rings. The molecule has 5 nitrogen and oxygen atoms in total. The van der Waals surface area contributed by atoms with E-state index < -0.39 is 0 Å². The Balaban J connectivity index is 1.87. The molecule has 0 saturated carbocycles. The Morgan fingerprint density at radius 2 is 2.27 bits per heavy atom. The molecule has 1 aliphatic heterocycles. The van der Waals surface area contributed by atoms with Crippen LogP contribution in [0.2, 0.25) is 5.02 Å². The number of methoxy groups -OCH3 is 1. The van der Waals surface area contributed by atoms with Crippen LogP contribution in [0.1, 0.15) is 34.8 Å². The number of aryl methyl sites for hydroxylation is 1. The van der Waals surface area contributed by atoms with E-state index in [9.17, 15) is 4.79 Å². The molecule has 3 rings (SSSR count). The number of hydrogen-bond donors (Lipinski definition) is 0. The molecule has 1 aromatic carbocycles. The lowest BCUT2D eigenvalue weighted by molar-refractivity contribution is 0.0735. The highest BCUT2D eigenvalue weighted by Crippen LogP contribution is 2.34. The summed E-state index contributed by atoms with van der Waals surface area (Å²) in [6.45, 7) is 0.753. The van der Waals surface area contributed by atoms with Crippen molar-refractivity contribution in [3.05, 3.63) is 46.7 Å². The van der Waals surface area contributed by atoms with Crippen LogP contribution >= 0.6 is 11.6 Å². The van der Waals surface area contributed by atoms with Crippen molar-refractivity contribution >= 4 is 17.5 Å². The highest BCUT2D eigenvalue weighted by molar-refractivity contribution is 6.32. The van der Waals surface area contributed by atoms with Crippen LogP contribution < -0.4 is 4.74 Å². The second-order valence-electron chi connectivity index (χ2n) is 5.45. The van der Waals surface area contributed by atoms with Gasteiger partial charge in [-0.05, 0) is 31.0 Å². The van der Waals surface area contributed by atoms with Crippen molar-refractivity contribution in [1.82, 2.24) is 14.7 Å². The Morgan fingerprint density at radius 3 is 2.95 bits per heavy atom. The van der Waals surface area contributed by atoms with E-state index in [1.165, 1.54) is 0 Å². The minimum Gasteiger partial charge on any atom is -0.495 e. The van der Waals surface area contributed by atoms with Crippen LogP contribution in [0.4, 0.5) is 0 Å². The fourth-order valence-electron chi connectivity index (χ4n) is 2.93. The van der Waals surface area contributed by atoms with Crippen molar-refractivity contribution < 1.29 is 9.53 Å². The van der Waals surface area contributed by atoms with Crippen LogP contribution in [0, 0.1) is 0 Å². The zero-order valence-electron chi connectivity index (χ0n) is 12.6. The molecule has 116 valence electrons. The van der Waals surface area contributed by atoms with Crippen molar-refractivity contribution in [1.29, 1.82) is 0 Å². The minimum atomic E-state index is 0.00122. The maximum Gasteiger partial charge on any atom is 0.254 e. The van der Waals surface area contributed by atoms with Gasteiger partial charge in [-0.15, -0.1) is 0 Å². The van der Waals surface area contributed by atoms with Crippen LogP contribution in [0.15, 0.2) is 30.6 Å². The van der Waals surface area contributed by atoms with Crippen molar-refractivity contribution in [3.63, 3.8) is 0 Å². The topological polar surface area (TPSA) is 47.4 Å². The lowest BCUT2D eigenvalue weighted by Crippen LogP contribution is -2.30. The SMILES string of the molecule is COc1cc(C(=O)N2CCCC2c2cnn(C)c2)ccc1Cl. The molecular formula is C16H18ClN3O2. The average molecular weight is 320 g/mol. The molecule has 0 aliphatic carbocycles. The van der Waals surface area contributed by atoms with Crippen molar-refractivity contribution in [2.75, 3.05) is 13.7 Å². The summed E-state index contributed by atoms with van der Waals surface area (Å²) in [5, 5.41) is 4.71. The van der Waals surface area contributed by atoms with Gasteiger partial charge in [-0.1, -0.05) is 11.6 Å². The molecule has 6 heteroatoms. The van der Waals surface area contributed by atoms with Gasteiger partial charge in [0.1, 0.15) is 5.75 Å². The maximum atomic E-state index is 12.8. The second kappa shape index (κ2) is 6.01. The Hall–Kier alpha value is -2.01. The van der Waals surface area contributed by atoms with Gasteiger partial charge in [-0.2, -0.15) is 5.10 Å². The number of ether oxygens (including phenoxy) is 1. The molecule has 1 saturated heterocycles. The highest BCUT2D eigenvalue weighted by atomic mass is 35.5. The fourth-order valence-corrected chi connectivity index (χ4v) is 3.12. The Kier molecular flexibility index (Phi) is 4.07. The zero-order valence-corrected chi connectivity index (χ0v) is 13.4. The van der Waals surface area contributed by atoms with Gasteiger partial charge in [0, 0.05) is 30.9 Å². The van der Waals surface area contributed by atoms with E-state index >= 15 is 0 Å². The molecule has 0 radical (unpaired) electrons. The van der Waals surface area contributed by atoms with Crippen LogP contribution in [-0.4, -0.2) is 34.2 Å². The normalized spacial score (nSPS) is 17.8. The Morgan fingerprint density at radius 1 is 1.45 bits per heavy atom. The first-order valence-corrected chi connectivity index (χ1v) is 7.61. The second-order valence-corrected chi connectivity index (χ2v) is 5.86. The number of amides is 1. The summed E-state index contributed by atoms with van der Waals surface area (Å²) in [5.41, 5.74) is 1.67. The third kappa shape index (κ3) is 2.68. The number of hydrogen-bond acceptors (Lipinski definition) is 3. The third-order valence-corrected chi connectivity index (χ3v) is 4.33. The summed E-state index contributed by atoms with van der Waals surface area (Å²) in [4.78, 5) is 14.7. The lowest BCUT2D eigenvalue weighted by atomic mass is 10.1. The molecule has 2 heterocycles. The predicted octanol–water partition coefficient (Wildman–Crippen LogP) is 3.06. The molecule has 1 amide bonds. The van der Waals surface area contributed by atoms with Crippen LogP contribution in [0.5, 0.6) is 5.75 Å². The van der Waals surface area contributed by atoms with E-state index in [2.05, 4.69) is 5.10 Å². The molecular weight excluding hydrogens is 302 g/mol. The average Bonchev–Trinajstić information content (AvgIpc) is 3.15. The summed E-state index contributed by atoms with van der Waals surface area (Å²) < 4.78 is 6.96. The molecule has 1 atom stereocenters. The van der Waals surface area contributed by atoms with Crippen LogP contribution in [0.3, 0.4) is 0 Å². The minimum absolute atomic E-state index is 0.00122. The smallest absolute Gasteiger partial charge is 0.254 e. The number of rotatable bonds is 3. The van der Waals surface area contributed by atoms with Gasteiger partial charge in [0.05, 0.1) is 24.4 Å². The molecule has 1 aliphatic rings. The third-order valence-electron chi connectivity index (χ3n) is 4.02. The molecule has 0 spiro atoms. The number of nitrogens with zero attached hydrogens (tertiary/aromatic N) is 3.